The summed E-state index contributed by atoms with van der Waals surface area (Å²) in [5.74, 6) is 7.10. The first-order valence-electron chi connectivity index (χ1n) is 11.9. The first-order valence-corrected chi connectivity index (χ1v) is 12.3. The maximum absolute atomic E-state index is 11.6. The Balaban J connectivity index is 0.000000201. The second-order valence-corrected chi connectivity index (χ2v) is 8.83. The Morgan fingerprint density at radius 3 is 1.80 bits per heavy atom. The van der Waals surface area contributed by atoms with Gasteiger partial charge in [-0.1, -0.05) is 17.5 Å². The van der Waals surface area contributed by atoms with Gasteiger partial charge in [0.1, 0.15) is 16.5 Å². The number of rotatable bonds is 4. The standard InChI is InChI=1S/C17H12ClN5O.C12H10N4O/c1-11-2-5-14(9-21-11)23-10-13(22-17(23)16(19)24)4-3-12-6-7-20-15(18)8-12;1-3-9-7-16(12(15-9)11(13)17)10-5-4-8(2)14-6-10/h2,5-10H,1H3,(H2,19,24);1,4-7H,2H3,(H2,13,17). The number of imidazole rings is 2. The lowest BCUT2D eigenvalue weighted by Gasteiger charge is -2.04. The van der Waals surface area contributed by atoms with Gasteiger partial charge in [0.05, 0.1) is 23.8 Å². The van der Waals surface area contributed by atoms with Gasteiger partial charge in [-0.25, -0.2) is 15.0 Å². The van der Waals surface area contributed by atoms with Gasteiger partial charge in [-0.3, -0.25) is 28.7 Å². The Hall–Kier alpha value is -5.78. The van der Waals surface area contributed by atoms with Gasteiger partial charge in [0, 0.05) is 35.5 Å². The number of nitrogens with zero attached hydrogens (tertiary/aromatic N) is 7. The first-order chi connectivity index (χ1) is 19.6. The maximum atomic E-state index is 11.6. The molecule has 0 unspecified atom stereocenters. The Morgan fingerprint density at radius 2 is 1.34 bits per heavy atom. The molecule has 5 rings (SSSR count). The van der Waals surface area contributed by atoms with E-state index in [2.05, 4.69) is 42.7 Å². The molecule has 0 fully saturated rings. The van der Waals surface area contributed by atoms with Crippen molar-refractivity contribution in [3.63, 3.8) is 0 Å². The highest BCUT2D eigenvalue weighted by Gasteiger charge is 2.14. The van der Waals surface area contributed by atoms with Crippen molar-refractivity contribution in [3.05, 3.63) is 113 Å². The van der Waals surface area contributed by atoms with Crippen molar-refractivity contribution in [1.82, 2.24) is 34.1 Å². The fourth-order valence-corrected chi connectivity index (χ4v) is 3.63. The van der Waals surface area contributed by atoms with Gasteiger partial charge < -0.3 is 11.5 Å². The van der Waals surface area contributed by atoms with Crippen molar-refractivity contribution in [3.8, 4) is 35.6 Å². The number of carbonyl (C=O) groups excluding carboxylic acids is 2. The predicted octanol–water partition coefficient (Wildman–Crippen LogP) is 2.78. The zero-order valence-corrected chi connectivity index (χ0v) is 22.7. The van der Waals surface area contributed by atoms with E-state index in [0.29, 0.717) is 33.5 Å². The van der Waals surface area contributed by atoms with Gasteiger partial charge in [-0.15, -0.1) is 6.42 Å². The Bertz CT molecular complexity index is 1840. The quantitative estimate of drug-likeness (QED) is 0.251. The number of amides is 2. The molecule has 2 amide bonds. The minimum atomic E-state index is -0.643. The van der Waals surface area contributed by atoms with Gasteiger partial charge in [-0.05, 0) is 62.1 Å². The van der Waals surface area contributed by atoms with Crippen LogP contribution in [0.15, 0.2) is 67.4 Å². The molecule has 0 aliphatic carbocycles. The highest BCUT2D eigenvalue weighted by molar-refractivity contribution is 6.29. The number of nitrogens with two attached hydrogens (primary N) is 2. The number of aromatic nitrogens is 7. The molecule has 0 radical (unpaired) electrons. The lowest BCUT2D eigenvalue weighted by atomic mass is 10.2. The molecule has 4 N–H and O–H groups in total. The van der Waals surface area contributed by atoms with Crippen LogP contribution in [0.25, 0.3) is 11.4 Å². The fraction of sp³-hybridized carbons (Fsp3) is 0.0690. The number of hydrogen-bond donors (Lipinski definition) is 2. The second kappa shape index (κ2) is 12.4. The molecule has 0 saturated carbocycles. The maximum Gasteiger partial charge on any atom is 0.285 e. The Labute approximate surface area is 240 Å². The van der Waals surface area contributed by atoms with Gasteiger partial charge in [0.2, 0.25) is 11.6 Å². The topological polar surface area (TPSA) is 160 Å². The highest BCUT2D eigenvalue weighted by atomic mass is 35.5. The van der Waals surface area contributed by atoms with Crippen LogP contribution in [-0.4, -0.2) is 45.9 Å². The summed E-state index contributed by atoms with van der Waals surface area (Å²) in [7, 11) is 0. The molecule has 41 heavy (non-hydrogen) atoms. The molecular weight excluding hydrogens is 542 g/mol. The van der Waals surface area contributed by atoms with Crippen LogP contribution in [-0.2, 0) is 0 Å². The molecule has 0 aliphatic rings. The first kappa shape index (κ1) is 28.2. The number of aryl methyl sites for hydroxylation is 2. The van der Waals surface area contributed by atoms with Crippen molar-refractivity contribution in [1.29, 1.82) is 0 Å². The van der Waals surface area contributed by atoms with Crippen molar-refractivity contribution >= 4 is 23.4 Å². The van der Waals surface area contributed by atoms with E-state index in [4.69, 9.17) is 29.5 Å². The van der Waals surface area contributed by atoms with Crippen LogP contribution in [0.4, 0.5) is 0 Å². The lowest BCUT2D eigenvalue weighted by molar-refractivity contribution is 0.0980. The van der Waals surface area contributed by atoms with Crippen LogP contribution in [0.5, 0.6) is 0 Å². The van der Waals surface area contributed by atoms with E-state index in [1.165, 1.54) is 4.57 Å². The zero-order valence-electron chi connectivity index (χ0n) is 21.9. The molecule has 0 aromatic carbocycles. The molecule has 0 atom stereocenters. The minimum absolute atomic E-state index is 0.0951. The summed E-state index contributed by atoms with van der Waals surface area (Å²) < 4.78 is 3.10. The van der Waals surface area contributed by atoms with E-state index in [-0.39, 0.29) is 11.6 Å². The SMILES string of the molecule is C#Cc1cn(-c2ccc(C)nc2)c(C(N)=O)n1.Cc1ccc(-n2cc(C#Cc3ccnc(Cl)c3)nc2C(N)=O)cn1. The summed E-state index contributed by atoms with van der Waals surface area (Å²) >= 11 is 5.82. The van der Waals surface area contributed by atoms with Crippen LogP contribution in [0.3, 0.4) is 0 Å². The molecule has 0 spiro atoms. The van der Waals surface area contributed by atoms with Gasteiger partial charge in [-0.2, -0.15) is 0 Å². The number of hydrogen-bond acceptors (Lipinski definition) is 7. The predicted molar refractivity (Wildman–Crippen MR) is 152 cm³/mol. The van der Waals surface area contributed by atoms with E-state index in [0.717, 1.165) is 11.4 Å². The summed E-state index contributed by atoms with van der Waals surface area (Å²) in [5, 5.41) is 0.357. The molecule has 5 aromatic heterocycles. The summed E-state index contributed by atoms with van der Waals surface area (Å²) in [4.78, 5) is 43.3. The molecule has 12 heteroatoms. The van der Waals surface area contributed by atoms with Crippen LogP contribution >= 0.6 is 11.6 Å². The summed E-state index contributed by atoms with van der Waals surface area (Å²) in [6.45, 7) is 3.75. The van der Waals surface area contributed by atoms with Gasteiger partial charge in [0.15, 0.2) is 0 Å². The third-order valence-corrected chi connectivity index (χ3v) is 5.62. The summed E-state index contributed by atoms with van der Waals surface area (Å²) in [6.07, 6.45) is 13.3. The number of pyridine rings is 3. The van der Waals surface area contributed by atoms with E-state index in [9.17, 15) is 9.59 Å². The van der Waals surface area contributed by atoms with Crippen molar-refractivity contribution in [2.75, 3.05) is 0 Å². The molecule has 5 heterocycles. The van der Waals surface area contributed by atoms with E-state index >= 15 is 0 Å². The molecule has 11 nitrogen and oxygen atoms in total. The van der Waals surface area contributed by atoms with Crippen molar-refractivity contribution in [2.45, 2.75) is 13.8 Å². The number of carbonyl (C=O) groups is 2. The van der Waals surface area contributed by atoms with Crippen LogP contribution in [0.1, 0.15) is 49.6 Å². The third kappa shape index (κ3) is 7.00. The minimum Gasteiger partial charge on any atom is -0.363 e. The van der Waals surface area contributed by atoms with Crippen LogP contribution < -0.4 is 11.5 Å². The average Bonchev–Trinajstić information content (AvgIpc) is 3.59. The number of terminal acetylenes is 1. The largest absolute Gasteiger partial charge is 0.363 e. The highest BCUT2D eigenvalue weighted by Crippen LogP contribution is 2.14. The fourth-order valence-electron chi connectivity index (χ4n) is 3.45. The molecule has 5 aromatic rings. The average molecular weight is 564 g/mol. The Kier molecular flexibility index (Phi) is 8.53. The van der Waals surface area contributed by atoms with Gasteiger partial charge >= 0.3 is 0 Å². The molecular formula is C29H22ClN9O2. The normalized spacial score (nSPS) is 10.0. The van der Waals surface area contributed by atoms with Crippen LogP contribution in [0.2, 0.25) is 5.15 Å². The van der Waals surface area contributed by atoms with Crippen molar-refractivity contribution < 1.29 is 9.59 Å². The van der Waals surface area contributed by atoms with Crippen molar-refractivity contribution in [2.24, 2.45) is 11.5 Å². The number of primary amides is 2. The second-order valence-electron chi connectivity index (χ2n) is 8.45. The monoisotopic (exact) mass is 563 g/mol. The molecule has 0 bridgehead atoms. The molecule has 0 saturated heterocycles. The van der Waals surface area contributed by atoms with Crippen LogP contribution in [0, 0.1) is 38.0 Å². The van der Waals surface area contributed by atoms with E-state index < -0.39 is 11.8 Å². The lowest BCUT2D eigenvalue weighted by Crippen LogP contribution is -2.17. The smallest absolute Gasteiger partial charge is 0.285 e. The molecule has 0 aliphatic heterocycles. The number of halogens is 1. The van der Waals surface area contributed by atoms with E-state index in [1.54, 1.807) is 47.7 Å². The Morgan fingerprint density at radius 1 is 0.805 bits per heavy atom. The zero-order chi connectivity index (χ0) is 29.5. The van der Waals surface area contributed by atoms with Gasteiger partial charge in [0.25, 0.3) is 11.8 Å². The third-order valence-electron chi connectivity index (χ3n) is 5.41. The van der Waals surface area contributed by atoms with E-state index in [1.807, 2.05) is 38.1 Å². The summed E-state index contributed by atoms with van der Waals surface area (Å²) in [5.41, 5.74) is 15.2. The summed E-state index contributed by atoms with van der Waals surface area (Å²) in [6, 6.07) is 10.7. The molecule has 202 valence electrons.